The van der Waals surface area contributed by atoms with Gasteiger partial charge in [0, 0.05) is 42.8 Å². The zero-order valence-electron chi connectivity index (χ0n) is 19.9. The lowest BCUT2D eigenvalue weighted by Crippen LogP contribution is -2.49. The second-order valence-corrected chi connectivity index (χ2v) is 9.89. The van der Waals surface area contributed by atoms with Crippen LogP contribution in [-0.2, 0) is 11.3 Å². The maximum Gasteiger partial charge on any atom is 0.335 e. The van der Waals surface area contributed by atoms with Gasteiger partial charge in [0.25, 0.3) is 0 Å². The highest BCUT2D eigenvalue weighted by Crippen LogP contribution is 2.52. The van der Waals surface area contributed by atoms with E-state index >= 15 is 0 Å². The third-order valence-corrected chi connectivity index (χ3v) is 7.83. The Labute approximate surface area is 195 Å². The summed E-state index contributed by atoms with van der Waals surface area (Å²) in [5.74, 6) is -0.230. The Morgan fingerprint density at radius 1 is 1.18 bits per heavy atom. The second kappa shape index (κ2) is 8.62. The first kappa shape index (κ1) is 22.2. The fourth-order valence-corrected chi connectivity index (χ4v) is 5.99. The van der Waals surface area contributed by atoms with Gasteiger partial charge >= 0.3 is 5.97 Å². The van der Waals surface area contributed by atoms with Gasteiger partial charge < -0.3 is 14.8 Å². The van der Waals surface area contributed by atoms with Crippen LogP contribution in [0.15, 0.2) is 42.6 Å². The fourth-order valence-electron chi connectivity index (χ4n) is 5.99. The van der Waals surface area contributed by atoms with E-state index in [9.17, 15) is 9.90 Å². The van der Waals surface area contributed by atoms with Crippen molar-refractivity contribution in [3.63, 3.8) is 0 Å². The summed E-state index contributed by atoms with van der Waals surface area (Å²) in [6, 6.07) is 12.2. The van der Waals surface area contributed by atoms with E-state index in [1.165, 1.54) is 46.0 Å². The largest absolute Gasteiger partial charge is 0.478 e. The van der Waals surface area contributed by atoms with E-state index in [2.05, 4.69) is 42.8 Å². The van der Waals surface area contributed by atoms with Crippen LogP contribution in [0.3, 0.4) is 0 Å². The minimum Gasteiger partial charge on any atom is -0.478 e. The van der Waals surface area contributed by atoms with E-state index in [4.69, 9.17) is 4.74 Å². The Kier molecular flexibility index (Phi) is 5.79. The number of carboxylic acid groups (broad SMARTS) is 1. The minimum atomic E-state index is -0.881. The Morgan fingerprint density at radius 2 is 1.94 bits per heavy atom. The molecule has 1 aromatic heterocycles. The van der Waals surface area contributed by atoms with E-state index in [1.54, 1.807) is 12.1 Å². The van der Waals surface area contributed by atoms with Crippen molar-refractivity contribution in [3.8, 4) is 0 Å². The maximum atomic E-state index is 11.4. The third-order valence-electron chi connectivity index (χ3n) is 7.83. The van der Waals surface area contributed by atoms with Crippen LogP contribution in [0.4, 0.5) is 0 Å². The number of benzene rings is 2. The van der Waals surface area contributed by atoms with Crippen LogP contribution in [0, 0.1) is 19.8 Å². The number of carboxylic acids is 1. The van der Waals surface area contributed by atoms with E-state index in [0.717, 1.165) is 32.5 Å². The monoisotopic (exact) mass is 446 g/mol. The molecule has 1 aliphatic heterocycles. The van der Waals surface area contributed by atoms with Gasteiger partial charge in [0.2, 0.25) is 0 Å². The van der Waals surface area contributed by atoms with Crippen LogP contribution in [-0.4, -0.2) is 39.7 Å². The number of H-pyrrole nitrogens is 1. The normalized spacial score (nSPS) is 23.8. The molecule has 0 radical (unpaired) electrons. The molecule has 1 saturated carbocycles. The molecule has 0 bridgehead atoms. The molecule has 2 N–H and O–H groups in total. The van der Waals surface area contributed by atoms with Gasteiger partial charge in [-0.15, -0.1) is 0 Å². The average Bonchev–Trinajstić information content (AvgIpc) is 3.55. The number of aromatic amines is 1. The summed E-state index contributed by atoms with van der Waals surface area (Å²) in [7, 11) is 0. The zero-order valence-corrected chi connectivity index (χ0v) is 19.9. The van der Waals surface area contributed by atoms with Crippen molar-refractivity contribution in [1.29, 1.82) is 0 Å². The molecule has 1 aliphatic carbocycles. The number of nitrogens with zero attached hydrogens (tertiary/aromatic N) is 1. The van der Waals surface area contributed by atoms with Crippen molar-refractivity contribution in [1.82, 2.24) is 9.88 Å². The Hall–Kier alpha value is -2.63. The predicted octanol–water partition coefficient (Wildman–Crippen LogP) is 6.01. The predicted molar refractivity (Wildman–Crippen MR) is 131 cm³/mol. The number of aromatic nitrogens is 1. The lowest BCUT2D eigenvalue weighted by Gasteiger charge is -2.47. The quantitative estimate of drug-likeness (QED) is 0.467. The first-order valence-corrected chi connectivity index (χ1v) is 12.2. The summed E-state index contributed by atoms with van der Waals surface area (Å²) in [5, 5.41) is 10.7. The molecular weight excluding hydrogens is 412 g/mol. The molecule has 174 valence electrons. The second-order valence-electron chi connectivity index (χ2n) is 9.89. The number of ether oxygens (including phenoxy) is 1. The Morgan fingerprint density at radius 3 is 2.61 bits per heavy atom. The van der Waals surface area contributed by atoms with E-state index < -0.39 is 5.97 Å². The van der Waals surface area contributed by atoms with E-state index in [-0.39, 0.29) is 11.6 Å². The van der Waals surface area contributed by atoms with Crippen molar-refractivity contribution in [3.05, 3.63) is 70.4 Å². The Balaban J connectivity index is 1.51. The van der Waals surface area contributed by atoms with Crippen molar-refractivity contribution >= 4 is 16.9 Å². The summed E-state index contributed by atoms with van der Waals surface area (Å²) in [5.41, 5.74) is 6.65. The first-order chi connectivity index (χ1) is 15.9. The smallest absolute Gasteiger partial charge is 0.335 e. The van der Waals surface area contributed by atoms with E-state index in [0.29, 0.717) is 11.5 Å². The van der Waals surface area contributed by atoms with Crippen LogP contribution in [0.5, 0.6) is 0 Å². The first-order valence-electron chi connectivity index (χ1n) is 12.2. The highest BCUT2D eigenvalue weighted by molar-refractivity contribution is 5.88. The van der Waals surface area contributed by atoms with Crippen molar-refractivity contribution in [2.45, 2.75) is 64.6 Å². The highest BCUT2D eigenvalue weighted by Gasteiger charge is 2.50. The third kappa shape index (κ3) is 4.09. The molecule has 2 aromatic carbocycles. The average molecular weight is 447 g/mol. The molecule has 2 atom stereocenters. The number of rotatable bonds is 7. The maximum absolute atomic E-state index is 11.4. The molecule has 3 aromatic rings. The van der Waals surface area contributed by atoms with Gasteiger partial charge in [0.05, 0.1) is 11.2 Å². The van der Waals surface area contributed by atoms with Gasteiger partial charge in [-0.25, -0.2) is 4.79 Å². The summed E-state index contributed by atoms with van der Waals surface area (Å²) >= 11 is 0. The van der Waals surface area contributed by atoms with Gasteiger partial charge in [-0.3, -0.25) is 4.90 Å². The minimum absolute atomic E-state index is 0.0624. The standard InChI is InChI=1S/C28H34N2O3/c1-4-33-28(22-9-10-22)12-14-30(25(16-28)20-5-7-21(8-6-20)27(31)32)17-24-18(2)15-19(3)26-23(24)11-13-29-26/h5-8,11,13,15,22,25,29H,4,9-10,12,14,16-17H2,1-3H3,(H,31,32). The number of aryl methyl sites for hydroxylation is 2. The Bertz CT molecular complexity index is 1160. The summed E-state index contributed by atoms with van der Waals surface area (Å²) in [6.07, 6.45) is 6.55. The lowest BCUT2D eigenvalue weighted by atomic mass is 9.79. The molecule has 5 rings (SSSR count). The summed E-state index contributed by atoms with van der Waals surface area (Å²) in [6.45, 7) is 9.06. The van der Waals surface area contributed by atoms with Gasteiger partial charge in [0.1, 0.15) is 0 Å². The molecular formula is C28H34N2O3. The molecule has 0 amide bonds. The number of aromatic carboxylic acids is 1. The molecule has 0 spiro atoms. The van der Waals surface area contributed by atoms with Gasteiger partial charge in [-0.05, 0) is 92.8 Å². The number of hydrogen-bond acceptors (Lipinski definition) is 3. The number of likely N-dealkylation sites (tertiary alicyclic amines) is 1. The van der Waals surface area contributed by atoms with Crippen LogP contribution in [0.1, 0.15) is 71.3 Å². The summed E-state index contributed by atoms with van der Waals surface area (Å²) in [4.78, 5) is 17.4. The lowest BCUT2D eigenvalue weighted by molar-refractivity contribution is -0.113. The van der Waals surface area contributed by atoms with Gasteiger partial charge in [-0.1, -0.05) is 18.2 Å². The highest BCUT2D eigenvalue weighted by atomic mass is 16.5. The number of hydrogen-bond donors (Lipinski definition) is 2. The number of nitrogens with one attached hydrogen (secondary N) is 1. The van der Waals surface area contributed by atoms with Crippen LogP contribution in [0.2, 0.25) is 0 Å². The molecule has 2 aliphatic rings. The van der Waals surface area contributed by atoms with Crippen molar-refractivity contribution in [2.75, 3.05) is 13.2 Å². The van der Waals surface area contributed by atoms with Gasteiger partial charge in [-0.2, -0.15) is 0 Å². The van der Waals surface area contributed by atoms with Gasteiger partial charge in [0.15, 0.2) is 0 Å². The topological polar surface area (TPSA) is 65.6 Å². The van der Waals surface area contributed by atoms with Crippen LogP contribution < -0.4 is 0 Å². The summed E-state index contributed by atoms with van der Waals surface area (Å²) < 4.78 is 6.48. The van der Waals surface area contributed by atoms with Crippen LogP contribution in [0.25, 0.3) is 10.9 Å². The number of carbonyl (C=O) groups is 1. The molecule has 1 saturated heterocycles. The molecule has 2 heterocycles. The number of piperidine rings is 1. The van der Waals surface area contributed by atoms with Crippen LogP contribution >= 0.6 is 0 Å². The van der Waals surface area contributed by atoms with Crippen molar-refractivity contribution in [2.24, 2.45) is 5.92 Å². The molecule has 5 heteroatoms. The molecule has 2 fully saturated rings. The van der Waals surface area contributed by atoms with E-state index in [1.807, 2.05) is 18.3 Å². The zero-order chi connectivity index (χ0) is 23.2. The fraction of sp³-hybridized carbons (Fsp3) is 0.464. The van der Waals surface area contributed by atoms with Crippen molar-refractivity contribution < 1.29 is 14.6 Å². The molecule has 5 nitrogen and oxygen atoms in total. The SMILES string of the molecule is CCOC1(C2CC2)CCN(Cc2c(C)cc(C)c3[nH]ccc23)C(c2ccc(C(=O)O)cc2)C1. The number of fused-ring (bicyclic) bond motifs is 1. The molecule has 33 heavy (non-hydrogen) atoms. The molecule has 2 unspecified atom stereocenters.